The third-order valence-electron chi connectivity index (χ3n) is 2.91. The molecule has 1 aromatic carbocycles. The summed E-state index contributed by atoms with van der Waals surface area (Å²) in [6.07, 6.45) is 1.91. The Morgan fingerprint density at radius 2 is 1.94 bits per heavy atom. The molecule has 0 saturated heterocycles. The third kappa shape index (κ3) is 2.22. The molecule has 2 rings (SSSR count). The van der Waals surface area contributed by atoms with Gasteiger partial charge in [0.2, 0.25) is 0 Å². The average molecular weight is 231 g/mol. The predicted molar refractivity (Wildman–Crippen MR) is 66.1 cm³/mol. The number of hydrogen-bond donors (Lipinski definition) is 1. The Balaban J connectivity index is 2.44. The topological polar surface area (TPSA) is 50.9 Å². The van der Waals surface area contributed by atoms with Crippen molar-refractivity contribution in [1.29, 1.82) is 0 Å². The van der Waals surface area contributed by atoms with Gasteiger partial charge in [0.05, 0.1) is 18.0 Å². The number of aliphatic hydroxyl groups excluding tert-OH is 1. The summed E-state index contributed by atoms with van der Waals surface area (Å²) >= 11 is 0. The molecule has 0 aliphatic heterocycles. The number of benzene rings is 1. The van der Waals surface area contributed by atoms with Gasteiger partial charge in [-0.05, 0) is 31.4 Å². The lowest BCUT2D eigenvalue weighted by molar-refractivity contribution is 0.169. The molecule has 17 heavy (non-hydrogen) atoms. The summed E-state index contributed by atoms with van der Waals surface area (Å²) in [4.78, 5) is 0. The number of aryl methyl sites for hydroxylation is 2. The fourth-order valence-electron chi connectivity index (χ4n) is 1.91. The van der Waals surface area contributed by atoms with E-state index in [0.29, 0.717) is 12.1 Å². The van der Waals surface area contributed by atoms with Gasteiger partial charge in [-0.15, -0.1) is 5.10 Å². The quantitative estimate of drug-likeness (QED) is 0.882. The Bertz CT molecular complexity index is 499. The first-order valence-corrected chi connectivity index (χ1v) is 5.80. The second kappa shape index (κ2) is 4.67. The van der Waals surface area contributed by atoms with Crippen LogP contribution < -0.4 is 0 Å². The third-order valence-corrected chi connectivity index (χ3v) is 2.91. The van der Waals surface area contributed by atoms with Gasteiger partial charge in [0.1, 0.15) is 5.69 Å². The smallest absolute Gasteiger partial charge is 0.112 e. The summed E-state index contributed by atoms with van der Waals surface area (Å²) in [5.41, 5.74) is 3.95. The summed E-state index contributed by atoms with van der Waals surface area (Å²) < 4.78 is 1.74. The van der Waals surface area contributed by atoms with E-state index in [0.717, 1.165) is 16.8 Å². The fourth-order valence-corrected chi connectivity index (χ4v) is 1.91. The van der Waals surface area contributed by atoms with Crippen LogP contribution >= 0.6 is 0 Å². The van der Waals surface area contributed by atoms with Crippen molar-refractivity contribution in [2.24, 2.45) is 0 Å². The van der Waals surface area contributed by atoms with Gasteiger partial charge in [-0.3, -0.25) is 0 Å². The summed E-state index contributed by atoms with van der Waals surface area (Å²) in [5, 5.41) is 17.8. The highest BCUT2D eigenvalue weighted by Gasteiger charge is 2.12. The highest BCUT2D eigenvalue weighted by molar-refractivity contribution is 5.46. The van der Waals surface area contributed by atoms with E-state index in [1.807, 2.05) is 39.0 Å². The Hall–Kier alpha value is -1.68. The molecule has 90 valence electrons. The lowest BCUT2D eigenvalue weighted by Gasteiger charge is -2.08. The lowest BCUT2D eigenvalue weighted by Crippen LogP contribution is -2.00. The van der Waals surface area contributed by atoms with Crippen molar-refractivity contribution in [3.63, 3.8) is 0 Å². The van der Waals surface area contributed by atoms with Crippen molar-refractivity contribution in [2.75, 3.05) is 0 Å². The first kappa shape index (κ1) is 11.8. The second-order valence-electron chi connectivity index (χ2n) is 4.25. The minimum atomic E-state index is -0.534. The van der Waals surface area contributed by atoms with E-state index < -0.39 is 6.10 Å². The number of aromatic nitrogens is 3. The van der Waals surface area contributed by atoms with Crippen LogP contribution in [0.1, 0.15) is 36.3 Å². The Kier molecular flexibility index (Phi) is 3.24. The van der Waals surface area contributed by atoms with Gasteiger partial charge >= 0.3 is 0 Å². The molecular weight excluding hydrogens is 214 g/mol. The highest BCUT2D eigenvalue weighted by atomic mass is 16.3. The maximum atomic E-state index is 9.71. The standard InChI is InChI=1S/C13H17N3O/c1-4-12(17)11-8-16(15-14-11)13-9(2)6-5-7-10(13)3/h5-8,12,17H,4H2,1-3H3. The first-order chi connectivity index (χ1) is 8.13. The molecule has 0 amide bonds. The summed E-state index contributed by atoms with van der Waals surface area (Å²) in [6.45, 7) is 6.00. The van der Waals surface area contributed by atoms with Crippen molar-refractivity contribution in [3.05, 3.63) is 41.2 Å². The van der Waals surface area contributed by atoms with E-state index >= 15 is 0 Å². The molecule has 4 nitrogen and oxygen atoms in total. The van der Waals surface area contributed by atoms with E-state index in [1.165, 1.54) is 0 Å². The van der Waals surface area contributed by atoms with Crippen LogP contribution in [0.3, 0.4) is 0 Å². The molecule has 1 aromatic heterocycles. The summed E-state index contributed by atoms with van der Waals surface area (Å²) in [5.74, 6) is 0. The van der Waals surface area contributed by atoms with Gasteiger partial charge in [0, 0.05) is 0 Å². The summed E-state index contributed by atoms with van der Waals surface area (Å²) in [7, 11) is 0. The van der Waals surface area contributed by atoms with Crippen molar-refractivity contribution in [2.45, 2.75) is 33.3 Å². The lowest BCUT2D eigenvalue weighted by atomic mass is 10.1. The molecule has 1 heterocycles. The number of rotatable bonds is 3. The molecule has 0 radical (unpaired) electrons. The van der Waals surface area contributed by atoms with Gasteiger partial charge in [0.15, 0.2) is 0 Å². The SMILES string of the molecule is CCC(O)c1cn(-c2c(C)cccc2C)nn1. The molecule has 1 atom stereocenters. The van der Waals surface area contributed by atoms with Crippen LogP contribution in [0.25, 0.3) is 5.69 Å². The number of aliphatic hydroxyl groups is 1. The minimum Gasteiger partial charge on any atom is -0.387 e. The fraction of sp³-hybridized carbons (Fsp3) is 0.385. The van der Waals surface area contributed by atoms with Gasteiger partial charge in [-0.25, -0.2) is 4.68 Å². The number of nitrogens with zero attached hydrogens (tertiary/aromatic N) is 3. The van der Waals surface area contributed by atoms with Crippen LogP contribution in [0.4, 0.5) is 0 Å². The van der Waals surface area contributed by atoms with Crippen LogP contribution in [0, 0.1) is 13.8 Å². The molecule has 0 fully saturated rings. The van der Waals surface area contributed by atoms with Crippen LogP contribution in [-0.4, -0.2) is 20.1 Å². The molecule has 0 saturated carbocycles. The predicted octanol–water partition coefficient (Wildman–Crippen LogP) is 2.33. The van der Waals surface area contributed by atoms with E-state index in [-0.39, 0.29) is 0 Å². The largest absolute Gasteiger partial charge is 0.387 e. The normalized spacial score (nSPS) is 12.7. The Morgan fingerprint density at radius 3 is 2.53 bits per heavy atom. The molecule has 0 aliphatic rings. The van der Waals surface area contributed by atoms with Crippen molar-refractivity contribution >= 4 is 0 Å². The first-order valence-electron chi connectivity index (χ1n) is 5.80. The van der Waals surface area contributed by atoms with Crippen molar-refractivity contribution in [3.8, 4) is 5.69 Å². The monoisotopic (exact) mass is 231 g/mol. The van der Waals surface area contributed by atoms with Gasteiger partial charge in [0.25, 0.3) is 0 Å². The van der Waals surface area contributed by atoms with E-state index in [1.54, 1.807) is 10.9 Å². The molecule has 2 aromatic rings. The molecule has 0 bridgehead atoms. The van der Waals surface area contributed by atoms with Gasteiger partial charge in [-0.2, -0.15) is 0 Å². The zero-order valence-corrected chi connectivity index (χ0v) is 10.4. The van der Waals surface area contributed by atoms with Crippen LogP contribution in [-0.2, 0) is 0 Å². The van der Waals surface area contributed by atoms with Crippen LogP contribution in [0.15, 0.2) is 24.4 Å². The zero-order chi connectivity index (χ0) is 12.4. The van der Waals surface area contributed by atoms with Gasteiger partial charge in [-0.1, -0.05) is 30.3 Å². The van der Waals surface area contributed by atoms with Crippen molar-refractivity contribution in [1.82, 2.24) is 15.0 Å². The molecule has 0 spiro atoms. The van der Waals surface area contributed by atoms with Crippen LogP contribution in [0.5, 0.6) is 0 Å². The molecule has 4 heteroatoms. The van der Waals surface area contributed by atoms with Gasteiger partial charge < -0.3 is 5.11 Å². The minimum absolute atomic E-state index is 0.534. The molecule has 1 N–H and O–H groups in total. The zero-order valence-electron chi connectivity index (χ0n) is 10.4. The summed E-state index contributed by atoms with van der Waals surface area (Å²) in [6, 6.07) is 6.10. The molecule has 0 aliphatic carbocycles. The maximum Gasteiger partial charge on any atom is 0.112 e. The van der Waals surface area contributed by atoms with E-state index in [4.69, 9.17) is 0 Å². The Morgan fingerprint density at radius 1 is 1.29 bits per heavy atom. The highest BCUT2D eigenvalue weighted by Crippen LogP contribution is 2.20. The second-order valence-corrected chi connectivity index (χ2v) is 4.25. The Labute approximate surface area is 101 Å². The van der Waals surface area contributed by atoms with E-state index in [2.05, 4.69) is 10.3 Å². The maximum absolute atomic E-state index is 9.71. The molecule has 1 unspecified atom stereocenters. The van der Waals surface area contributed by atoms with Crippen LogP contribution in [0.2, 0.25) is 0 Å². The van der Waals surface area contributed by atoms with E-state index in [9.17, 15) is 5.11 Å². The van der Waals surface area contributed by atoms with Crippen molar-refractivity contribution < 1.29 is 5.11 Å². The average Bonchev–Trinajstić information content (AvgIpc) is 2.77. The number of para-hydroxylation sites is 1. The number of hydrogen-bond acceptors (Lipinski definition) is 3. The molecular formula is C13H17N3O.